The summed E-state index contributed by atoms with van der Waals surface area (Å²) in [5.74, 6) is -0.574. The fourth-order valence-electron chi connectivity index (χ4n) is 4.24. The lowest BCUT2D eigenvalue weighted by molar-refractivity contribution is -0.150. The molecule has 2 rings (SSSR count). The molecule has 1 saturated heterocycles. The highest BCUT2D eigenvalue weighted by molar-refractivity contribution is 5.97. The number of aliphatic hydroxyl groups excluding tert-OH is 1. The molecule has 138 valence electrons. The first-order valence-electron chi connectivity index (χ1n) is 9.25. The topological polar surface area (TPSA) is 98.5 Å². The molecule has 1 aliphatic carbocycles. The molecule has 0 radical (unpaired) electrons. The molecule has 2 unspecified atom stereocenters. The minimum Gasteiger partial charge on any atom is -0.392 e. The van der Waals surface area contributed by atoms with E-state index in [9.17, 15) is 19.5 Å². The fourth-order valence-corrected chi connectivity index (χ4v) is 4.24. The number of carbonyl (C=O) groups excluding carboxylic acids is 3. The van der Waals surface area contributed by atoms with Crippen LogP contribution in [0.25, 0.3) is 0 Å². The molecular formula is C19H28N2O4. The van der Waals surface area contributed by atoms with Crippen molar-refractivity contribution in [2.75, 3.05) is 6.54 Å². The van der Waals surface area contributed by atoms with Crippen LogP contribution in [0.5, 0.6) is 0 Å². The van der Waals surface area contributed by atoms with Crippen molar-refractivity contribution >= 4 is 17.6 Å². The van der Waals surface area contributed by atoms with Crippen LogP contribution in [0.4, 0.5) is 0 Å². The van der Waals surface area contributed by atoms with Crippen LogP contribution in [0.2, 0.25) is 0 Å². The summed E-state index contributed by atoms with van der Waals surface area (Å²) in [4.78, 5) is 38.0. The van der Waals surface area contributed by atoms with E-state index in [1.54, 1.807) is 0 Å². The third-order valence-electron chi connectivity index (χ3n) is 5.50. The highest BCUT2D eigenvalue weighted by Crippen LogP contribution is 2.35. The van der Waals surface area contributed by atoms with Crippen LogP contribution in [0.1, 0.15) is 58.8 Å². The van der Waals surface area contributed by atoms with Gasteiger partial charge in [-0.25, -0.2) is 0 Å². The van der Waals surface area contributed by atoms with E-state index in [2.05, 4.69) is 6.92 Å². The second-order valence-corrected chi connectivity index (χ2v) is 7.76. The van der Waals surface area contributed by atoms with Crippen LogP contribution in [0, 0.1) is 35.0 Å². The van der Waals surface area contributed by atoms with Gasteiger partial charge in [0.05, 0.1) is 12.2 Å². The number of unbranched alkanes of at least 4 members (excludes halogenated alkanes) is 1. The predicted molar refractivity (Wildman–Crippen MR) is 91.0 cm³/mol. The summed E-state index contributed by atoms with van der Waals surface area (Å²) < 4.78 is 0. The number of carbonyl (C=O) groups is 3. The summed E-state index contributed by atoms with van der Waals surface area (Å²) in [5, 5.41) is 19.1. The smallest absolute Gasteiger partial charge is 0.229 e. The van der Waals surface area contributed by atoms with E-state index in [1.165, 1.54) is 4.90 Å². The maximum atomic E-state index is 12.4. The molecule has 0 aromatic rings. The van der Waals surface area contributed by atoms with E-state index in [0.717, 1.165) is 6.42 Å². The van der Waals surface area contributed by atoms with Crippen LogP contribution >= 0.6 is 0 Å². The maximum absolute atomic E-state index is 12.4. The number of nitriles is 1. The summed E-state index contributed by atoms with van der Waals surface area (Å²) in [6.07, 6.45) is 2.34. The Morgan fingerprint density at radius 3 is 2.44 bits per heavy atom. The van der Waals surface area contributed by atoms with Crippen molar-refractivity contribution in [3.8, 4) is 6.07 Å². The minimum atomic E-state index is -0.784. The summed E-state index contributed by atoms with van der Waals surface area (Å²) in [7, 11) is 0. The largest absolute Gasteiger partial charge is 0.392 e. The molecule has 1 N–H and O–H groups in total. The molecule has 0 bridgehead atoms. The molecule has 6 nitrogen and oxygen atoms in total. The average molecular weight is 348 g/mol. The summed E-state index contributed by atoms with van der Waals surface area (Å²) in [6, 6.07) is 2.01. The van der Waals surface area contributed by atoms with Gasteiger partial charge >= 0.3 is 0 Å². The van der Waals surface area contributed by atoms with Gasteiger partial charge in [-0.1, -0.05) is 13.8 Å². The second-order valence-electron chi connectivity index (χ2n) is 7.76. The van der Waals surface area contributed by atoms with Crippen molar-refractivity contribution in [1.82, 2.24) is 4.90 Å². The van der Waals surface area contributed by atoms with Crippen molar-refractivity contribution in [3.05, 3.63) is 0 Å². The number of hydrogen-bond acceptors (Lipinski definition) is 5. The van der Waals surface area contributed by atoms with Gasteiger partial charge in [0.1, 0.15) is 5.78 Å². The molecule has 25 heavy (non-hydrogen) atoms. The average Bonchev–Trinajstić information content (AvgIpc) is 2.53. The molecule has 4 atom stereocenters. The van der Waals surface area contributed by atoms with Crippen molar-refractivity contribution in [2.24, 2.45) is 23.7 Å². The van der Waals surface area contributed by atoms with Crippen LogP contribution < -0.4 is 0 Å². The zero-order valence-electron chi connectivity index (χ0n) is 15.1. The molecule has 2 fully saturated rings. The van der Waals surface area contributed by atoms with Gasteiger partial charge in [-0.2, -0.15) is 5.26 Å². The van der Waals surface area contributed by atoms with Gasteiger partial charge in [-0.15, -0.1) is 0 Å². The summed E-state index contributed by atoms with van der Waals surface area (Å²) in [5.41, 5.74) is 0. The number of likely N-dealkylation sites (tertiary alicyclic amines) is 1. The van der Waals surface area contributed by atoms with E-state index in [-0.39, 0.29) is 54.7 Å². The number of nitrogens with zero attached hydrogens (tertiary/aromatic N) is 2. The van der Waals surface area contributed by atoms with E-state index in [1.807, 2.05) is 13.0 Å². The lowest BCUT2D eigenvalue weighted by atomic mass is 9.71. The third kappa shape index (κ3) is 4.88. The molecule has 0 spiro atoms. The first-order chi connectivity index (χ1) is 11.8. The van der Waals surface area contributed by atoms with Gasteiger partial charge in [-0.05, 0) is 37.5 Å². The Morgan fingerprint density at radius 1 is 1.20 bits per heavy atom. The Bertz CT molecular complexity index is 550. The van der Waals surface area contributed by atoms with Crippen LogP contribution in [-0.4, -0.2) is 40.3 Å². The van der Waals surface area contributed by atoms with Crippen LogP contribution in [0.3, 0.4) is 0 Å². The Balaban J connectivity index is 1.91. The lowest BCUT2D eigenvalue weighted by Crippen LogP contribution is -2.45. The number of rotatable bonds is 6. The third-order valence-corrected chi connectivity index (χ3v) is 5.50. The predicted octanol–water partition coefficient (Wildman–Crippen LogP) is 2.06. The number of Topliss-reactive ketones (excluding diaryl/α,β-unsaturated/α-hetero) is 1. The van der Waals surface area contributed by atoms with Gasteiger partial charge in [0.15, 0.2) is 0 Å². The molecule has 0 aromatic carbocycles. The maximum Gasteiger partial charge on any atom is 0.229 e. The van der Waals surface area contributed by atoms with Crippen molar-refractivity contribution in [3.63, 3.8) is 0 Å². The first-order valence-corrected chi connectivity index (χ1v) is 9.25. The molecule has 0 aromatic heterocycles. The zero-order chi connectivity index (χ0) is 18.6. The van der Waals surface area contributed by atoms with Gasteiger partial charge in [0.2, 0.25) is 11.8 Å². The molecule has 2 amide bonds. The number of hydrogen-bond donors (Lipinski definition) is 1. The molecule has 6 heteroatoms. The van der Waals surface area contributed by atoms with Crippen molar-refractivity contribution in [2.45, 2.75) is 64.9 Å². The Hall–Kier alpha value is -1.74. The monoisotopic (exact) mass is 348 g/mol. The molecule has 1 heterocycles. The Kier molecular flexibility index (Phi) is 6.71. The Morgan fingerprint density at radius 2 is 1.84 bits per heavy atom. The van der Waals surface area contributed by atoms with Crippen LogP contribution in [-0.2, 0) is 14.4 Å². The number of piperidine rings is 1. The van der Waals surface area contributed by atoms with Gasteiger partial charge in [0.25, 0.3) is 0 Å². The van der Waals surface area contributed by atoms with Gasteiger partial charge in [0, 0.05) is 37.6 Å². The highest BCUT2D eigenvalue weighted by atomic mass is 16.3. The fraction of sp³-hybridized carbons (Fsp3) is 0.789. The van der Waals surface area contributed by atoms with Gasteiger partial charge in [-0.3, -0.25) is 19.3 Å². The van der Waals surface area contributed by atoms with E-state index >= 15 is 0 Å². The van der Waals surface area contributed by atoms with Crippen LogP contribution in [0.15, 0.2) is 0 Å². The lowest BCUT2D eigenvalue weighted by Gasteiger charge is -2.36. The minimum absolute atomic E-state index is 0.0337. The molecule has 2 aliphatic rings. The molecule has 1 saturated carbocycles. The second kappa shape index (κ2) is 8.57. The van der Waals surface area contributed by atoms with Crippen molar-refractivity contribution in [1.29, 1.82) is 5.26 Å². The quantitative estimate of drug-likeness (QED) is 0.585. The standard InChI is InChI=1S/C19H28N2O4/c1-12-7-13(2)19(25)15(8-12)16(22)9-14-10-17(23)21(18(24)11-14)6-4-3-5-20/h12-16,22H,3-4,6-11H2,1-2H3/t12?,13-,15?,16+/m0/s1. The molecule has 1 aliphatic heterocycles. The molecular weight excluding hydrogens is 320 g/mol. The van der Waals surface area contributed by atoms with E-state index in [4.69, 9.17) is 5.26 Å². The summed E-state index contributed by atoms with van der Waals surface area (Å²) >= 11 is 0. The Labute approximate surface area is 149 Å². The van der Waals surface area contributed by atoms with Gasteiger partial charge < -0.3 is 5.11 Å². The number of amides is 2. The SMILES string of the molecule is CC1CC([C@H](O)CC2CC(=O)N(CCCC#N)C(=O)C2)C(=O)[C@@H](C)C1. The first kappa shape index (κ1) is 19.6. The number of aliphatic hydroxyl groups is 1. The highest BCUT2D eigenvalue weighted by Gasteiger charge is 2.39. The summed E-state index contributed by atoms with van der Waals surface area (Å²) in [6.45, 7) is 4.29. The zero-order valence-corrected chi connectivity index (χ0v) is 15.1. The van der Waals surface area contributed by atoms with E-state index < -0.39 is 6.10 Å². The van der Waals surface area contributed by atoms with E-state index in [0.29, 0.717) is 31.6 Å². The normalized spacial score (nSPS) is 29.6. The van der Waals surface area contributed by atoms with Crippen molar-refractivity contribution < 1.29 is 19.5 Å². The number of imide groups is 1. The number of ketones is 1.